The van der Waals surface area contributed by atoms with E-state index < -0.39 is 35.6 Å². The molecular weight excluding hydrogens is 1840 g/mol. The molecule has 0 radical (unpaired) electrons. The molecule has 708 valence electrons. The van der Waals surface area contributed by atoms with Crippen LogP contribution in [0.3, 0.4) is 0 Å². The highest BCUT2D eigenvalue weighted by atomic mass is 79.9. The normalized spacial score (nSPS) is 15.4. The van der Waals surface area contributed by atoms with E-state index in [1.165, 1.54) is 101 Å². The summed E-state index contributed by atoms with van der Waals surface area (Å²) in [5.74, 6) is -14.2. The van der Waals surface area contributed by atoms with Gasteiger partial charge in [0.15, 0.2) is 0 Å². The largest absolute Gasteiger partial charge is 0.478 e. The molecule has 18 rings (SSSR count). The minimum atomic E-state index is -2.72. The summed E-state index contributed by atoms with van der Waals surface area (Å²) in [6.45, 7) is 13.1. The Morgan fingerprint density at radius 1 is 0.397 bits per heavy atom. The predicted octanol–water partition coefficient (Wildman–Crippen LogP) is 17.9. The minimum absolute atomic E-state index is 0.0124. The Balaban J connectivity index is 0.000000145. The summed E-state index contributed by atoms with van der Waals surface area (Å²) in [6, 6.07) is 32.0. The van der Waals surface area contributed by atoms with Gasteiger partial charge in [-0.15, -0.1) is 0 Å². The van der Waals surface area contributed by atoms with Crippen LogP contribution in [0.1, 0.15) is 187 Å². The Morgan fingerprint density at radius 3 is 1.11 bits per heavy atom. The lowest BCUT2D eigenvalue weighted by Gasteiger charge is -2.31. The van der Waals surface area contributed by atoms with Gasteiger partial charge < -0.3 is 50.2 Å². The molecular formula is C97H96BrF8N19O11. The van der Waals surface area contributed by atoms with Crippen molar-refractivity contribution in [1.29, 1.82) is 0 Å². The number of H-pyrrole nitrogens is 1. The first-order chi connectivity index (χ1) is 64.5. The molecule has 17 heterocycles. The Hall–Kier alpha value is -14.8. The number of hydrogen-bond donors (Lipinski definition) is 4. The number of ether oxygens (including phenoxy) is 2. The topological polar surface area (TPSA) is 373 Å². The van der Waals surface area contributed by atoms with Gasteiger partial charge in [0.2, 0.25) is 0 Å². The molecule has 5 N–H and O–H groups in total. The van der Waals surface area contributed by atoms with Crippen LogP contribution < -0.4 is 11.1 Å². The van der Waals surface area contributed by atoms with E-state index in [9.17, 15) is 73.5 Å². The van der Waals surface area contributed by atoms with Crippen LogP contribution in [0.5, 0.6) is 0 Å². The lowest BCUT2D eigenvalue weighted by Crippen LogP contribution is -2.42. The molecule has 5 amide bonds. The van der Waals surface area contributed by atoms with Gasteiger partial charge in [-0.2, -0.15) is 0 Å². The predicted molar refractivity (Wildman–Crippen MR) is 495 cm³/mol. The maximum Gasteiger partial charge on any atom is 0.339 e. The number of carboxylic acids is 1. The van der Waals surface area contributed by atoms with Gasteiger partial charge in [-0.25, -0.2) is 69.4 Å². The van der Waals surface area contributed by atoms with Crippen LogP contribution in [0.15, 0.2) is 219 Å². The Bertz CT molecular complexity index is 6700. The monoisotopic (exact) mass is 1930 g/mol. The highest BCUT2D eigenvalue weighted by Gasteiger charge is 2.40. The molecule has 4 aliphatic rings. The van der Waals surface area contributed by atoms with Crippen molar-refractivity contribution >= 4 is 119 Å². The smallest absolute Gasteiger partial charge is 0.339 e. The van der Waals surface area contributed by atoms with E-state index >= 15 is 0 Å². The molecule has 0 saturated carbocycles. The van der Waals surface area contributed by atoms with Crippen LogP contribution in [0.2, 0.25) is 0 Å². The van der Waals surface area contributed by atoms with E-state index in [1.54, 1.807) is 118 Å². The second kappa shape index (κ2) is 41.8. The first-order valence-corrected chi connectivity index (χ1v) is 43.8. The number of nitrogens with one attached hydrogen (secondary N) is 2. The number of aromatic carboxylic acids is 1. The van der Waals surface area contributed by atoms with Gasteiger partial charge in [-0.3, -0.25) is 62.6 Å². The van der Waals surface area contributed by atoms with E-state index in [2.05, 4.69) is 117 Å². The van der Waals surface area contributed by atoms with E-state index in [4.69, 9.17) is 15.6 Å². The van der Waals surface area contributed by atoms with Crippen molar-refractivity contribution in [3.8, 4) is 17.1 Å². The summed E-state index contributed by atoms with van der Waals surface area (Å²) in [5.41, 5.74) is 16.2. The second-order valence-electron chi connectivity index (χ2n) is 34.7. The minimum Gasteiger partial charge on any atom is -0.478 e. The fourth-order valence-electron chi connectivity index (χ4n) is 14.9. The number of benzene rings is 1. The van der Waals surface area contributed by atoms with Crippen LogP contribution in [0, 0.1) is 0 Å². The fraction of sp³-hybridized carbons (Fsp3) is 0.309. The number of methoxy groups -OCH3 is 2. The maximum atomic E-state index is 13.5. The molecule has 4 fully saturated rings. The number of esters is 2. The number of carbonyl (C=O) groups is 8. The average Bonchev–Trinajstić information content (AvgIpc) is 1.64. The van der Waals surface area contributed by atoms with Gasteiger partial charge in [0, 0.05) is 227 Å². The van der Waals surface area contributed by atoms with Crippen molar-refractivity contribution in [1.82, 2.24) is 83.1 Å². The number of pyridine rings is 9. The van der Waals surface area contributed by atoms with E-state index in [0.717, 1.165) is 21.2 Å². The van der Waals surface area contributed by atoms with Crippen LogP contribution in [0.4, 0.5) is 46.5 Å². The number of alkyl halides is 8. The molecule has 0 atom stereocenters. The number of piperidine rings is 4. The lowest BCUT2D eigenvalue weighted by atomic mass is 9.87. The Morgan fingerprint density at radius 2 is 0.750 bits per heavy atom. The number of fused-ring (bicyclic) bond motifs is 4. The lowest BCUT2D eigenvalue weighted by molar-refractivity contribution is -0.0503. The molecule has 14 aromatic rings. The van der Waals surface area contributed by atoms with Gasteiger partial charge in [0.1, 0.15) is 22.6 Å². The zero-order valence-electron chi connectivity index (χ0n) is 75.2. The summed E-state index contributed by atoms with van der Waals surface area (Å²) in [7, 11) is 2.63. The molecule has 39 heteroatoms. The number of amides is 5. The highest BCUT2D eigenvalue weighted by Crippen LogP contribution is 2.35. The van der Waals surface area contributed by atoms with E-state index in [0.29, 0.717) is 100 Å². The van der Waals surface area contributed by atoms with E-state index in [-0.39, 0.29) is 156 Å². The van der Waals surface area contributed by atoms with Crippen molar-refractivity contribution in [2.75, 3.05) is 77.6 Å². The Kier molecular flexibility index (Phi) is 30.3. The number of aromatic nitrogens is 13. The SMILES string of the molecule is CC(C)(C)c1ccc(N)cn1.CC(C)(C)c1ccc(NC(=O)c2cncc(-n3ccc4cc(C(=O)N5CCC(F)(F)CC5)cnc43)c2)cc1.COC(=O)c1cncc(-n2ccc3cc(C(=O)N4CCC(F)(F)CC4)cnc32)c1.COC(=O)c1cncc(Br)c1.O=C(O)c1cncc(-n2ccc3cc(C(=O)N4CCC(F)(F)CC4)cnc32)c1.O=C(c1cnc2[nH]ccc2c1)N1CCC(F)(F)CC1. The summed E-state index contributed by atoms with van der Waals surface area (Å²) in [4.78, 5) is 143. The number of carbonyl (C=O) groups excluding carboxylic acids is 7. The molecule has 0 bridgehead atoms. The molecule has 30 nitrogen and oxygen atoms in total. The van der Waals surface area contributed by atoms with Crippen LogP contribution in [-0.2, 0) is 20.3 Å². The number of halogens is 9. The number of nitrogen functional groups attached to an aromatic ring is 1. The first kappa shape index (κ1) is 98.7. The molecule has 4 saturated heterocycles. The molecule has 0 spiro atoms. The van der Waals surface area contributed by atoms with Gasteiger partial charge in [0.25, 0.3) is 53.2 Å². The fourth-order valence-corrected chi connectivity index (χ4v) is 15.2. The van der Waals surface area contributed by atoms with Crippen molar-refractivity contribution in [2.45, 2.75) is 127 Å². The number of nitrogens with zero attached hydrogens (tertiary/aromatic N) is 16. The molecule has 0 aliphatic carbocycles. The summed E-state index contributed by atoms with van der Waals surface area (Å²) >= 11 is 3.19. The van der Waals surface area contributed by atoms with Crippen LogP contribution in [-0.4, -0.2) is 226 Å². The van der Waals surface area contributed by atoms with Crippen LogP contribution in [0.25, 0.3) is 61.2 Å². The second-order valence-corrected chi connectivity index (χ2v) is 35.6. The van der Waals surface area contributed by atoms with Crippen molar-refractivity contribution in [3.63, 3.8) is 0 Å². The average molecular weight is 1940 g/mol. The third-order valence-corrected chi connectivity index (χ3v) is 23.2. The highest BCUT2D eigenvalue weighted by molar-refractivity contribution is 9.10. The number of likely N-dealkylation sites (tertiary alicyclic amines) is 4. The third-order valence-electron chi connectivity index (χ3n) is 22.7. The van der Waals surface area contributed by atoms with Gasteiger partial charge in [-0.05, 0) is 124 Å². The summed E-state index contributed by atoms with van der Waals surface area (Å²) in [5, 5.41) is 15.0. The molecule has 13 aromatic heterocycles. The van der Waals surface area contributed by atoms with E-state index in [1.807, 2.05) is 48.5 Å². The molecule has 4 aliphatic heterocycles. The number of aromatic amines is 1. The molecule has 136 heavy (non-hydrogen) atoms. The summed E-state index contributed by atoms with van der Waals surface area (Å²) < 4.78 is 121. The van der Waals surface area contributed by atoms with Gasteiger partial charge in [-0.1, -0.05) is 53.7 Å². The standard InChI is InChI=1S/C29H29F2N5O2.C20H18F2N4O3.C19H16F2N4O3.C13H13F2N3O.C9H14N2.C7H6BrNO2/c1-28(2,3)22-4-6-23(7-5-22)34-26(37)20-15-24(18-32-16-20)36-11-8-19-14-21(17-33-25(19)36)27(38)35-12-9-29(30,31)10-13-35;1-29-19(28)15-9-16(12-23-10-15)26-5-2-13-8-14(11-24-17(13)26)18(27)25-6-3-20(21,22)4-7-25;20-19(21)2-5-24(6-3-19)17(26)13-7-12-1-4-25(16(12)23-10-13)15-8-14(18(27)28)9-22-11-15;14-13(15)2-5-18(6-3-13)12(19)10-7-9-1-4-16-11(9)17-8-10;1-9(2,3)8-5-4-7(10)6-11-8;1-11-7(10)5-2-6(8)4-9-3-5/h4-8,11,14-18H,9-10,12-13H2,1-3H3,(H,34,37);2,5,8-12H,3-4,6-7H2,1H3;1,4,7-11H,2-3,5-6H2,(H,27,28);1,4,7-8H,2-3,5-6H2,(H,16,17);4-6H,10H2,1-3H3;2-4H,1H3. The van der Waals surface area contributed by atoms with Crippen molar-refractivity contribution in [2.24, 2.45) is 0 Å². The first-order valence-electron chi connectivity index (χ1n) is 43.0. The number of anilines is 2. The maximum absolute atomic E-state index is 13.5. The Labute approximate surface area is 782 Å². The quantitative estimate of drug-likeness (QED) is 0.0652. The zero-order chi connectivity index (χ0) is 97.8. The molecule has 1 aromatic carbocycles. The molecule has 0 unspecified atom stereocenters. The number of nitrogens with two attached hydrogens (primary N) is 1. The van der Waals surface area contributed by atoms with Gasteiger partial charge in [0.05, 0.1) is 106 Å². The number of rotatable bonds is 12. The van der Waals surface area contributed by atoms with Crippen molar-refractivity contribution < 1.29 is 88.1 Å². The zero-order valence-corrected chi connectivity index (χ0v) is 76.8. The van der Waals surface area contributed by atoms with Gasteiger partial charge >= 0.3 is 17.9 Å². The third kappa shape index (κ3) is 25.0. The van der Waals surface area contributed by atoms with Crippen LogP contribution >= 0.6 is 15.9 Å². The number of hydrogen-bond acceptors (Lipinski definition) is 20. The van der Waals surface area contributed by atoms with Crippen molar-refractivity contribution in [3.05, 3.63) is 275 Å². The summed E-state index contributed by atoms with van der Waals surface area (Å²) in [6.07, 6.45) is 23.9. The number of carboxylic acid groups (broad SMARTS) is 1.